The van der Waals surface area contributed by atoms with Crippen molar-refractivity contribution < 1.29 is 9.53 Å². The fourth-order valence-electron chi connectivity index (χ4n) is 2.57. The van der Waals surface area contributed by atoms with Crippen LogP contribution in [0.25, 0.3) is 0 Å². The lowest BCUT2D eigenvalue weighted by molar-refractivity contribution is -0.143. The molecule has 0 N–H and O–H groups in total. The van der Waals surface area contributed by atoms with Crippen LogP contribution in [0.4, 0.5) is 0 Å². The first-order chi connectivity index (χ1) is 11.6. The minimum atomic E-state index is -0.0585. The van der Waals surface area contributed by atoms with Crippen molar-refractivity contribution in [2.24, 2.45) is 0 Å². The second-order valence-corrected chi connectivity index (χ2v) is 8.73. The molecule has 2 unspecified atom stereocenters. The van der Waals surface area contributed by atoms with Crippen molar-refractivity contribution in [1.82, 2.24) is 0 Å². The molecule has 4 heteroatoms. The van der Waals surface area contributed by atoms with Gasteiger partial charge >= 0.3 is 5.97 Å². The van der Waals surface area contributed by atoms with Gasteiger partial charge in [0.25, 0.3) is 0 Å². The Morgan fingerprint density at radius 3 is 1.83 bits per heavy atom. The Labute approximate surface area is 166 Å². The van der Waals surface area contributed by atoms with Gasteiger partial charge in [-0.05, 0) is 26.2 Å². The maximum atomic E-state index is 11.2. The molecule has 0 bridgehead atoms. The van der Waals surface area contributed by atoms with E-state index >= 15 is 0 Å². The number of carbonyl (C=O) groups is 1. The number of hydrogen-bond acceptors (Lipinski definition) is 2. The van der Waals surface area contributed by atoms with Crippen LogP contribution in [-0.4, -0.2) is 22.2 Å². The van der Waals surface area contributed by atoms with Gasteiger partial charge in [0.1, 0.15) is 0 Å². The fourth-order valence-corrected chi connectivity index (χ4v) is 3.57. The zero-order valence-electron chi connectivity index (χ0n) is 15.6. The van der Waals surface area contributed by atoms with Crippen LogP contribution < -0.4 is 0 Å². The molecule has 0 aromatic rings. The summed E-state index contributed by atoms with van der Waals surface area (Å²) in [5.41, 5.74) is 0. The molecular formula is C20H36Br2O2. The molecule has 0 spiro atoms. The fraction of sp³-hybridized carbons (Fsp3) is 0.850. The van der Waals surface area contributed by atoms with Crippen molar-refractivity contribution >= 4 is 37.8 Å². The van der Waals surface area contributed by atoms with Crippen LogP contribution >= 0.6 is 31.9 Å². The van der Waals surface area contributed by atoms with Crippen LogP contribution in [0.3, 0.4) is 0 Å². The number of ether oxygens (including phenoxy) is 1. The molecule has 0 fully saturated rings. The molecule has 142 valence electrons. The van der Waals surface area contributed by atoms with Gasteiger partial charge in [-0.25, -0.2) is 0 Å². The molecule has 0 amide bonds. The molecule has 2 atom stereocenters. The Balaban J connectivity index is 3.53. The summed E-state index contributed by atoms with van der Waals surface area (Å²) < 4.78 is 4.93. The normalized spacial score (nSPS) is 14.0. The third-order valence-corrected chi connectivity index (χ3v) is 5.55. The van der Waals surface area contributed by atoms with Crippen LogP contribution in [0.15, 0.2) is 12.2 Å². The highest BCUT2D eigenvalue weighted by Gasteiger charge is 2.04. The average molecular weight is 468 g/mol. The van der Waals surface area contributed by atoms with Crippen LogP contribution in [-0.2, 0) is 9.53 Å². The minimum absolute atomic E-state index is 0.0585. The van der Waals surface area contributed by atoms with Crippen LogP contribution in [0.1, 0.15) is 90.9 Å². The van der Waals surface area contributed by atoms with Crippen molar-refractivity contribution in [1.29, 1.82) is 0 Å². The third kappa shape index (κ3) is 17.0. The molecule has 0 aromatic heterocycles. The number of hydrogen-bond donors (Lipinski definition) is 0. The van der Waals surface area contributed by atoms with Crippen LogP contribution in [0.5, 0.6) is 0 Å². The molecule has 0 rings (SSSR count). The van der Waals surface area contributed by atoms with E-state index in [-0.39, 0.29) is 5.97 Å². The summed E-state index contributed by atoms with van der Waals surface area (Å²) in [6.45, 7) is 4.60. The maximum Gasteiger partial charge on any atom is 0.305 e. The first kappa shape index (κ1) is 24.2. The number of unbranched alkanes of at least 4 members (excludes halogenated alkanes) is 7. The largest absolute Gasteiger partial charge is 0.466 e. The first-order valence-corrected chi connectivity index (χ1v) is 11.5. The average Bonchev–Trinajstić information content (AvgIpc) is 2.56. The Hall–Kier alpha value is 0.170. The van der Waals surface area contributed by atoms with E-state index in [1.54, 1.807) is 0 Å². The molecule has 24 heavy (non-hydrogen) atoms. The van der Waals surface area contributed by atoms with Gasteiger partial charge in [0.05, 0.1) is 6.61 Å². The Morgan fingerprint density at radius 1 is 0.833 bits per heavy atom. The molecule has 0 aromatic carbocycles. The van der Waals surface area contributed by atoms with Gasteiger partial charge in [-0.15, -0.1) is 0 Å². The van der Waals surface area contributed by atoms with E-state index < -0.39 is 0 Å². The number of rotatable bonds is 16. The van der Waals surface area contributed by atoms with Gasteiger partial charge in [0.2, 0.25) is 0 Å². The zero-order chi connectivity index (χ0) is 18.0. The van der Waals surface area contributed by atoms with E-state index in [1.165, 1.54) is 51.4 Å². The van der Waals surface area contributed by atoms with Crippen LogP contribution in [0.2, 0.25) is 0 Å². The van der Waals surface area contributed by atoms with Gasteiger partial charge in [-0.1, -0.05) is 102 Å². The molecule has 0 aliphatic carbocycles. The highest BCUT2D eigenvalue weighted by molar-refractivity contribution is 9.10. The zero-order valence-corrected chi connectivity index (χ0v) is 18.7. The predicted molar refractivity (Wildman–Crippen MR) is 112 cm³/mol. The van der Waals surface area contributed by atoms with Crippen molar-refractivity contribution in [2.75, 3.05) is 6.61 Å². The Morgan fingerprint density at radius 2 is 1.33 bits per heavy atom. The molecule has 0 saturated carbocycles. The van der Waals surface area contributed by atoms with Gasteiger partial charge in [0.15, 0.2) is 0 Å². The topological polar surface area (TPSA) is 26.3 Å². The summed E-state index contributed by atoms with van der Waals surface area (Å²) in [7, 11) is 0. The summed E-state index contributed by atoms with van der Waals surface area (Å²) >= 11 is 7.49. The number of esters is 1. The van der Waals surface area contributed by atoms with Gasteiger partial charge in [-0.3, -0.25) is 4.79 Å². The molecular weight excluding hydrogens is 432 g/mol. The van der Waals surface area contributed by atoms with Crippen molar-refractivity contribution in [3.63, 3.8) is 0 Å². The Kier molecular flexibility index (Phi) is 18.1. The number of allylic oxidation sites excluding steroid dienone is 2. The molecule has 0 heterocycles. The first-order valence-electron chi connectivity index (χ1n) is 9.72. The van der Waals surface area contributed by atoms with E-state index in [2.05, 4.69) is 50.9 Å². The number of halogens is 2. The third-order valence-electron chi connectivity index (χ3n) is 4.03. The highest BCUT2D eigenvalue weighted by atomic mass is 79.9. The number of alkyl halides is 2. The Bertz CT molecular complexity index is 319. The van der Waals surface area contributed by atoms with E-state index in [0.717, 1.165) is 19.3 Å². The monoisotopic (exact) mass is 466 g/mol. The van der Waals surface area contributed by atoms with E-state index in [4.69, 9.17) is 4.74 Å². The van der Waals surface area contributed by atoms with E-state index in [1.807, 2.05) is 6.92 Å². The van der Waals surface area contributed by atoms with Gasteiger partial charge in [0, 0.05) is 16.1 Å². The summed E-state index contributed by atoms with van der Waals surface area (Å²) in [5.74, 6) is -0.0585. The summed E-state index contributed by atoms with van der Waals surface area (Å²) in [4.78, 5) is 12.2. The van der Waals surface area contributed by atoms with Crippen molar-refractivity contribution in [2.45, 2.75) is 101 Å². The molecule has 0 aliphatic heterocycles. The second kappa shape index (κ2) is 18.0. The quantitative estimate of drug-likeness (QED) is 0.103. The lowest BCUT2D eigenvalue weighted by Gasteiger charge is -2.07. The lowest BCUT2D eigenvalue weighted by Crippen LogP contribution is -2.03. The number of carbonyl (C=O) groups excluding carboxylic acids is 1. The van der Waals surface area contributed by atoms with Gasteiger partial charge < -0.3 is 4.74 Å². The predicted octanol–water partition coefficient (Wildman–Crippen LogP) is 7.33. The molecule has 2 nitrogen and oxygen atoms in total. The van der Waals surface area contributed by atoms with E-state index in [0.29, 0.717) is 22.7 Å². The smallest absolute Gasteiger partial charge is 0.305 e. The van der Waals surface area contributed by atoms with Crippen LogP contribution in [0, 0.1) is 0 Å². The summed E-state index contributed by atoms with van der Waals surface area (Å²) in [5, 5.41) is 0. The lowest BCUT2D eigenvalue weighted by atomic mass is 10.1. The van der Waals surface area contributed by atoms with E-state index in [9.17, 15) is 4.79 Å². The standard InChI is InChI=1S/C20H36Br2O2/c1-3-5-6-7-10-13-18(21)16-17-19(22)14-11-8-9-12-15-20(23)24-4-2/h16-19H,3-15H2,1-2H3/b17-16+. The maximum absolute atomic E-state index is 11.2. The second-order valence-electron chi connectivity index (χ2n) is 6.38. The van der Waals surface area contributed by atoms with Gasteiger partial charge in [-0.2, -0.15) is 0 Å². The molecule has 0 radical (unpaired) electrons. The van der Waals surface area contributed by atoms with Crippen molar-refractivity contribution in [3.05, 3.63) is 12.2 Å². The minimum Gasteiger partial charge on any atom is -0.466 e. The summed E-state index contributed by atoms with van der Waals surface area (Å²) in [6, 6.07) is 0. The SMILES string of the molecule is CCCCCCCC(Br)/C=C/C(Br)CCCCCCC(=O)OCC. The van der Waals surface area contributed by atoms with Crippen molar-refractivity contribution in [3.8, 4) is 0 Å². The molecule has 0 saturated heterocycles. The highest BCUT2D eigenvalue weighted by Crippen LogP contribution is 2.18. The molecule has 0 aliphatic rings. The summed E-state index contributed by atoms with van der Waals surface area (Å²) in [6.07, 6.45) is 18.7.